The standard InChI is InChI=1S/C33H60N6.2H2S/c1-3-5-7-8-10-16-39-30(12-6-4-2)25-37(32(39)35)15-11-9-13-29-24-36-31(34)38(29)17-14-33-21-26-18-27(22-33)20-28(19-26)23-33;;/h26-30,35H,3-25H2,1-2H3,(H2,34,36);2*1H2/t26?,27?,28?,29-,30-,33?;;/m0../s1. The first kappa shape index (κ1) is 34.7. The summed E-state index contributed by atoms with van der Waals surface area (Å²) in [4.78, 5) is 7.25. The summed E-state index contributed by atoms with van der Waals surface area (Å²) in [5.74, 6) is 4.54. The van der Waals surface area contributed by atoms with E-state index in [1.165, 1.54) is 116 Å². The second kappa shape index (κ2) is 16.4. The average molecular weight is 609 g/mol. The van der Waals surface area contributed by atoms with Crippen molar-refractivity contribution >= 4 is 38.9 Å². The normalized spacial score (nSPS) is 32.0. The van der Waals surface area contributed by atoms with Gasteiger partial charge in [0, 0.05) is 44.8 Å². The van der Waals surface area contributed by atoms with E-state index in [-0.39, 0.29) is 27.0 Å². The lowest BCUT2D eigenvalue weighted by Gasteiger charge is -2.57. The van der Waals surface area contributed by atoms with Gasteiger partial charge in [0.15, 0.2) is 11.9 Å². The molecule has 0 aromatic heterocycles. The Morgan fingerprint density at radius 3 is 1.98 bits per heavy atom. The molecule has 6 aliphatic rings. The van der Waals surface area contributed by atoms with Crippen molar-refractivity contribution in [3.05, 3.63) is 0 Å². The fourth-order valence-corrected chi connectivity index (χ4v) is 9.65. The molecule has 2 saturated heterocycles. The van der Waals surface area contributed by atoms with Crippen LogP contribution in [0.3, 0.4) is 0 Å². The summed E-state index contributed by atoms with van der Waals surface area (Å²) < 4.78 is 0. The lowest BCUT2D eigenvalue weighted by atomic mass is 9.49. The highest BCUT2D eigenvalue weighted by Crippen LogP contribution is 2.61. The van der Waals surface area contributed by atoms with E-state index in [4.69, 9.17) is 10.8 Å². The number of hydrogen-bond acceptors (Lipinski definition) is 2. The molecule has 2 atom stereocenters. The Bertz CT molecular complexity index is 786. The largest absolute Gasteiger partial charge is 0.354 e. The first-order valence-corrected chi connectivity index (χ1v) is 17.2. The van der Waals surface area contributed by atoms with Crippen LogP contribution in [0.4, 0.5) is 0 Å². The second-order valence-electron chi connectivity index (χ2n) is 14.4. The predicted octanol–water partition coefficient (Wildman–Crippen LogP) is 7.28. The fraction of sp³-hybridized carbons (Fsp3) is 0.939. The number of guanidine groups is 2. The molecule has 0 aromatic rings. The summed E-state index contributed by atoms with van der Waals surface area (Å²) in [5.41, 5.74) is 0.606. The summed E-state index contributed by atoms with van der Waals surface area (Å²) in [6.45, 7) is 9.76. The Morgan fingerprint density at radius 1 is 0.707 bits per heavy atom. The number of nitrogens with one attached hydrogen (secondary N) is 3. The van der Waals surface area contributed by atoms with Gasteiger partial charge in [-0.25, -0.2) is 0 Å². The Labute approximate surface area is 266 Å². The van der Waals surface area contributed by atoms with Gasteiger partial charge < -0.3 is 20.0 Å². The van der Waals surface area contributed by atoms with Gasteiger partial charge in [0.2, 0.25) is 0 Å². The van der Waals surface area contributed by atoms with Gasteiger partial charge in [0.25, 0.3) is 0 Å². The fourth-order valence-electron chi connectivity index (χ4n) is 9.65. The van der Waals surface area contributed by atoms with Crippen LogP contribution < -0.4 is 5.32 Å². The molecule has 4 bridgehead atoms. The molecular weight excluding hydrogens is 545 g/mol. The Morgan fingerprint density at radius 2 is 1.32 bits per heavy atom. The summed E-state index contributed by atoms with van der Waals surface area (Å²) in [6.07, 6.45) is 24.2. The SMILES string of the molecule is CCCCCCCN1C(=N)N(CCCC[C@H]2CNC(=N)N2CCC23CC4CC(CC(C4)C2)C3)C[C@@H]1CCCC.S.S. The molecule has 6 fully saturated rings. The third-order valence-electron chi connectivity index (χ3n) is 11.3. The monoisotopic (exact) mass is 608 g/mol. The van der Waals surface area contributed by atoms with E-state index in [1.807, 2.05) is 0 Å². The van der Waals surface area contributed by atoms with Crippen LogP contribution >= 0.6 is 27.0 Å². The zero-order chi connectivity index (χ0) is 27.2. The van der Waals surface area contributed by atoms with Crippen LogP contribution in [0.2, 0.25) is 0 Å². The van der Waals surface area contributed by atoms with Gasteiger partial charge in [0.05, 0.1) is 0 Å². The highest BCUT2D eigenvalue weighted by Gasteiger charge is 2.50. The smallest absolute Gasteiger partial charge is 0.194 e. The summed E-state index contributed by atoms with van der Waals surface area (Å²) >= 11 is 0. The maximum Gasteiger partial charge on any atom is 0.194 e. The van der Waals surface area contributed by atoms with Gasteiger partial charge in [0.1, 0.15) is 0 Å². The quantitative estimate of drug-likeness (QED) is 0.152. The second-order valence-corrected chi connectivity index (χ2v) is 14.4. The van der Waals surface area contributed by atoms with Crippen molar-refractivity contribution in [2.75, 3.05) is 32.7 Å². The first-order chi connectivity index (χ1) is 19.0. The topological polar surface area (TPSA) is 69.5 Å². The molecule has 4 saturated carbocycles. The van der Waals surface area contributed by atoms with E-state index in [2.05, 4.69) is 33.9 Å². The van der Waals surface area contributed by atoms with Crippen molar-refractivity contribution < 1.29 is 0 Å². The summed E-state index contributed by atoms with van der Waals surface area (Å²) in [7, 11) is 0. The highest BCUT2D eigenvalue weighted by atomic mass is 32.1. The highest BCUT2D eigenvalue weighted by molar-refractivity contribution is 7.59. The molecule has 0 aromatic carbocycles. The van der Waals surface area contributed by atoms with Crippen LogP contribution in [0.5, 0.6) is 0 Å². The molecule has 6 nitrogen and oxygen atoms in total. The minimum absolute atomic E-state index is 0. The van der Waals surface area contributed by atoms with Gasteiger partial charge in [-0.2, -0.15) is 27.0 Å². The molecule has 2 aliphatic heterocycles. The molecule has 0 spiro atoms. The summed E-state index contributed by atoms with van der Waals surface area (Å²) in [6, 6.07) is 1.03. The Hall–Kier alpha value is -0.760. The van der Waals surface area contributed by atoms with E-state index in [0.717, 1.165) is 56.4 Å². The van der Waals surface area contributed by atoms with E-state index >= 15 is 0 Å². The molecule has 0 amide bonds. The molecule has 238 valence electrons. The Balaban J connectivity index is 0.00000231. The zero-order valence-corrected chi connectivity index (χ0v) is 28.5. The van der Waals surface area contributed by atoms with E-state index < -0.39 is 0 Å². The van der Waals surface area contributed by atoms with Gasteiger partial charge in [-0.3, -0.25) is 10.8 Å². The summed E-state index contributed by atoms with van der Waals surface area (Å²) in [5, 5.41) is 20.9. The minimum atomic E-state index is 0. The molecule has 2 heterocycles. The van der Waals surface area contributed by atoms with E-state index in [9.17, 15) is 0 Å². The van der Waals surface area contributed by atoms with Crippen LogP contribution in [-0.4, -0.2) is 71.4 Å². The predicted molar refractivity (Wildman–Crippen MR) is 184 cm³/mol. The van der Waals surface area contributed by atoms with Crippen molar-refractivity contribution in [3.8, 4) is 0 Å². The molecule has 3 N–H and O–H groups in total. The van der Waals surface area contributed by atoms with E-state index in [1.54, 1.807) is 0 Å². The number of unbranched alkanes of at least 4 members (excludes halogenated alkanes) is 6. The molecule has 8 heteroatoms. The molecule has 0 radical (unpaired) electrons. The van der Waals surface area contributed by atoms with Gasteiger partial charge >= 0.3 is 0 Å². The molecular formula is C33H64N6S2. The number of nitrogens with zero attached hydrogens (tertiary/aromatic N) is 3. The van der Waals surface area contributed by atoms with Crippen molar-refractivity contribution in [1.82, 2.24) is 20.0 Å². The minimum Gasteiger partial charge on any atom is -0.354 e. The van der Waals surface area contributed by atoms with Crippen LogP contribution in [0.25, 0.3) is 0 Å². The van der Waals surface area contributed by atoms with Crippen molar-refractivity contribution in [1.29, 1.82) is 10.8 Å². The zero-order valence-electron chi connectivity index (χ0n) is 26.5. The van der Waals surface area contributed by atoms with Crippen molar-refractivity contribution in [2.45, 2.75) is 142 Å². The van der Waals surface area contributed by atoms with Crippen LogP contribution in [0.1, 0.15) is 129 Å². The van der Waals surface area contributed by atoms with Gasteiger partial charge in [-0.05, 0) is 100 Å². The van der Waals surface area contributed by atoms with Crippen LogP contribution in [0.15, 0.2) is 0 Å². The third-order valence-corrected chi connectivity index (χ3v) is 11.3. The maximum absolute atomic E-state index is 8.94. The van der Waals surface area contributed by atoms with Crippen LogP contribution in [0, 0.1) is 34.0 Å². The first-order valence-electron chi connectivity index (χ1n) is 17.2. The lowest BCUT2D eigenvalue weighted by Crippen LogP contribution is -2.48. The average Bonchev–Trinajstić information content (AvgIpc) is 3.41. The van der Waals surface area contributed by atoms with E-state index in [0.29, 0.717) is 23.5 Å². The van der Waals surface area contributed by atoms with Gasteiger partial charge in [-0.1, -0.05) is 52.4 Å². The molecule has 41 heavy (non-hydrogen) atoms. The van der Waals surface area contributed by atoms with Crippen molar-refractivity contribution in [3.63, 3.8) is 0 Å². The Kier molecular flexibility index (Phi) is 13.8. The van der Waals surface area contributed by atoms with Crippen LogP contribution in [-0.2, 0) is 0 Å². The van der Waals surface area contributed by atoms with Crippen molar-refractivity contribution in [2.24, 2.45) is 23.2 Å². The third kappa shape index (κ3) is 8.67. The lowest BCUT2D eigenvalue weighted by molar-refractivity contribution is -0.0596. The van der Waals surface area contributed by atoms with Gasteiger partial charge in [-0.15, -0.1) is 0 Å². The molecule has 6 rings (SSSR count). The molecule has 0 unspecified atom stereocenters. The maximum atomic E-state index is 8.94. The number of rotatable bonds is 17. The molecule has 4 aliphatic carbocycles. The number of hydrogen-bond donors (Lipinski definition) is 3.